The molecule has 13 heavy (non-hydrogen) atoms. The first-order chi connectivity index (χ1) is 6.11. The molecule has 1 N–H and O–H groups in total. The molecule has 1 atom stereocenters. The average Bonchev–Trinajstić information content (AvgIpc) is 2.03. The van der Waals surface area contributed by atoms with E-state index in [0.717, 1.165) is 6.54 Å². The maximum absolute atomic E-state index is 6.28. The lowest BCUT2D eigenvalue weighted by Gasteiger charge is -2.14. The summed E-state index contributed by atoms with van der Waals surface area (Å²) in [6.45, 7) is 0.960. The third-order valence-corrected chi connectivity index (χ3v) is 3.20. The Morgan fingerprint density at radius 3 is 2.54 bits per heavy atom. The standard InChI is InChI=1S/C10H13ClIN/c1-13(2)7-9(11)8-5-3-4-6-10(8)12/h3-6,9H,7H2,1-2H3/p+1/t9-/m1/s1. The summed E-state index contributed by atoms with van der Waals surface area (Å²) in [5, 5.41) is 0.123. The van der Waals surface area contributed by atoms with Crippen molar-refractivity contribution in [1.29, 1.82) is 0 Å². The number of halogens is 2. The van der Waals surface area contributed by atoms with Gasteiger partial charge in [-0.15, -0.1) is 11.6 Å². The molecule has 0 aliphatic carbocycles. The highest BCUT2D eigenvalue weighted by Gasteiger charge is 2.13. The van der Waals surface area contributed by atoms with Gasteiger partial charge in [0.25, 0.3) is 0 Å². The molecule has 0 aromatic heterocycles. The normalized spacial score (nSPS) is 13.3. The zero-order valence-corrected chi connectivity index (χ0v) is 10.8. The van der Waals surface area contributed by atoms with E-state index in [1.807, 2.05) is 12.1 Å². The Balaban J connectivity index is 2.76. The molecule has 0 saturated carbocycles. The minimum atomic E-state index is 0.123. The quantitative estimate of drug-likeness (QED) is 0.640. The van der Waals surface area contributed by atoms with Gasteiger partial charge in [0, 0.05) is 3.57 Å². The van der Waals surface area contributed by atoms with Crippen LogP contribution in [-0.2, 0) is 0 Å². The fraction of sp³-hybridized carbons (Fsp3) is 0.400. The van der Waals surface area contributed by atoms with Crippen LogP contribution in [0.1, 0.15) is 10.9 Å². The second kappa shape index (κ2) is 5.17. The first kappa shape index (κ1) is 11.3. The zero-order chi connectivity index (χ0) is 9.84. The highest BCUT2D eigenvalue weighted by atomic mass is 127. The summed E-state index contributed by atoms with van der Waals surface area (Å²) < 4.78 is 1.25. The lowest BCUT2D eigenvalue weighted by atomic mass is 10.1. The molecule has 0 unspecified atom stereocenters. The number of hydrogen-bond acceptors (Lipinski definition) is 0. The Labute approximate surface area is 98.2 Å². The summed E-state index contributed by atoms with van der Waals surface area (Å²) in [5.41, 5.74) is 1.24. The van der Waals surface area contributed by atoms with Gasteiger partial charge in [-0.2, -0.15) is 0 Å². The molecule has 72 valence electrons. The van der Waals surface area contributed by atoms with Gasteiger partial charge in [0.1, 0.15) is 5.38 Å². The fourth-order valence-electron chi connectivity index (χ4n) is 1.20. The van der Waals surface area contributed by atoms with Crippen LogP contribution in [0.3, 0.4) is 0 Å². The van der Waals surface area contributed by atoms with Crippen molar-refractivity contribution in [1.82, 2.24) is 0 Å². The van der Waals surface area contributed by atoms with Gasteiger partial charge >= 0.3 is 0 Å². The summed E-state index contributed by atoms with van der Waals surface area (Å²) in [6.07, 6.45) is 0. The molecule has 0 heterocycles. The maximum Gasteiger partial charge on any atom is 0.108 e. The van der Waals surface area contributed by atoms with Gasteiger partial charge in [-0.1, -0.05) is 18.2 Å². The van der Waals surface area contributed by atoms with Gasteiger partial charge in [0.05, 0.1) is 20.6 Å². The summed E-state index contributed by atoms with van der Waals surface area (Å²) in [6, 6.07) is 8.27. The third kappa shape index (κ3) is 3.44. The maximum atomic E-state index is 6.28. The SMILES string of the molecule is C[NH+](C)C[C@@H](Cl)c1ccccc1I. The lowest BCUT2D eigenvalue weighted by Crippen LogP contribution is -3.06. The molecule has 3 heteroatoms. The monoisotopic (exact) mass is 310 g/mol. The molecular weight excluding hydrogens is 296 g/mol. The lowest BCUT2D eigenvalue weighted by molar-refractivity contribution is -0.858. The van der Waals surface area contributed by atoms with Gasteiger partial charge in [0.15, 0.2) is 0 Å². The van der Waals surface area contributed by atoms with Gasteiger partial charge in [-0.25, -0.2) is 0 Å². The minimum absolute atomic E-state index is 0.123. The second-order valence-corrected chi connectivity index (χ2v) is 5.09. The van der Waals surface area contributed by atoms with Crippen LogP contribution in [0.5, 0.6) is 0 Å². The van der Waals surface area contributed by atoms with Crippen LogP contribution < -0.4 is 4.90 Å². The largest absolute Gasteiger partial charge is 0.338 e. The molecule has 1 nitrogen and oxygen atoms in total. The molecule has 1 aromatic carbocycles. The van der Waals surface area contributed by atoms with Crippen LogP contribution in [0.2, 0.25) is 0 Å². The van der Waals surface area contributed by atoms with E-state index in [9.17, 15) is 0 Å². The molecule has 0 fully saturated rings. The van der Waals surface area contributed by atoms with E-state index >= 15 is 0 Å². The van der Waals surface area contributed by atoms with Crippen molar-refractivity contribution >= 4 is 34.2 Å². The van der Waals surface area contributed by atoms with Crippen molar-refractivity contribution in [2.24, 2.45) is 0 Å². The predicted octanol–water partition coefficient (Wildman–Crippen LogP) is 1.72. The molecule has 1 rings (SSSR count). The molecular formula is C10H14ClIN+. The summed E-state index contributed by atoms with van der Waals surface area (Å²) in [5.74, 6) is 0. The van der Waals surface area contributed by atoms with Gasteiger partial charge in [-0.05, 0) is 34.2 Å². The molecule has 0 amide bonds. The van der Waals surface area contributed by atoms with Crippen molar-refractivity contribution in [3.8, 4) is 0 Å². The van der Waals surface area contributed by atoms with Crippen molar-refractivity contribution < 1.29 is 4.90 Å². The third-order valence-electron chi connectivity index (χ3n) is 1.83. The number of alkyl halides is 1. The van der Waals surface area contributed by atoms with Crippen LogP contribution in [-0.4, -0.2) is 20.6 Å². The Hall–Kier alpha value is 0.200. The Bertz CT molecular complexity index is 275. The van der Waals surface area contributed by atoms with Crippen LogP contribution >= 0.6 is 34.2 Å². The van der Waals surface area contributed by atoms with E-state index in [0.29, 0.717) is 0 Å². The Kier molecular flexibility index (Phi) is 4.49. The number of hydrogen-bond donors (Lipinski definition) is 1. The van der Waals surface area contributed by atoms with Crippen molar-refractivity contribution in [2.75, 3.05) is 20.6 Å². The van der Waals surface area contributed by atoms with Crippen LogP contribution in [0, 0.1) is 3.57 Å². The van der Waals surface area contributed by atoms with Crippen LogP contribution in [0.25, 0.3) is 0 Å². The molecule has 0 saturated heterocycles. The van der Waals surface area contributed by atoms with E-state index in [-0.39, 0.29) is 5.38 Å². The van der Waals surface area contributed by atoms with E-state index in [4.69, 9.17) is 11.6 Å². The average molecular weight is 311 g/mol. The van der Waals surface area contributed by atoms with E-state index in [1.54, 1.807) is 0 Å². The number of quaternary nitrogens is 1. The van der Waals surface area contributed by atoms with Crippen LogP contribution in [0.15, 0.2) is 24.3 Å². The molecule has 0 aliphatic rings. The fourth-order valence-corrected chi connectivity index (χ4v) is 2.64. The van der Waals surface area contributed by atoms with Gasteiger partial charge < -0.3 is 4.90 Å². The van der Waals surface area contributed by atoms with Crippen molar-refractivity contribution in [3.63, 3.8) is 0 Å². The summed E-state index contributed by atoms with van der Waals surface area (Å²) >= 11 is 8.61. The molecule has 0 spiro atoms. The Morgan fingerprint density at radius 2 is 2.00 bits per heavy atom. The molecule has 0 radical (unpaired) electrons. The second-order valence-electron chi connectivity index (χ2n) is 3.40. The zero-order valence-electron chi connectivity index (χ0n) is 7.85. The number of nitrogens with one attached hydrogen (secondary N) is 1. The summed E-state index contributed by atoms with van der Waals surface area (Å²) in [7, 11) is 4.23. The first-order valence-electron chi connectivity index (χ1n) is 4.29. The minimum Gasteiger partial charge on any atom is -0.338 e. The summed E-state index contributed by atoms with van der Waals surface area (Å²) in [4.78, 5) is 1.37. The van der Waals surface area contributed by atoms with Crippen molar-refractivity contribution in [3.05, 3.63) is 33.4 Å². The van der Waals surface area contributed by atoms with E-state index in [1.165, 1.54) is 14.0 Å². The molecule has 0 aliphatic heterocycles. The molecule has 1 aromatic rings. The van der Waals surface area contributed by atoms with E-state index < -0.39 is 0 Å². The smallest absolute Gasteiger partial charge is 0.108 e. The highest BCUT2D eigenvalue weighted by molar-refractivity contribution is 14.1. The number of likely N-dealkylation sites (N-methyl/N-ethyl adjacent to an activating group) is 1. The van der Waals surface area contributed by atoms with Gasteiger partial charge in [0.2, 0.25) is 0 Å². The van der Waals surface area contributed by atoms with Gasteiger partial charge in [-0.3, -0.25) is 0 Å². The topological polar surface area (TPSA) is 4.44 Å². The molecule has 0 bridgehead atoms. The van der Waals surface area contributed by atoms with Crippen LogP contribution in [0.4, 0.5) is 0 Å². The predicted molar refractivity (Wildman–Crippen MR) is 65.4 cm³/mol. The van der Waals surface area contributed by atoms with Crippen molar-refractivity contribution in [2.45, 2.75) is 5.38 Å². The first-order valence-corrected chi connectivity index (χ1v) is 5.80. The Morgan fingerprint density at radius 1 is 1.38 bits per heavy atom. The van der Waals surface area contributed by atoms with E-state index in [2.05, 4.69) is 48.8 Å². The highest BCUT2D eigenvalue weighted by Crippen LogP contribution is 2.23. The number of rotatable bonds is 3. The number of benzene rings is 1.